The molecule has 4 amide bonds. The Balaban J connectivity index is 1.40. The standard InChI is InChI=1S/C21H25N5O3/c1-25-17(14-8-4-2-5-9-14)13-22-20(25)24-18(27)12-16-19(28)26(21(29)23-16)15-10-6-3-7-11-15/h2,4-5,8-9,13,15-16H,3,6-7,10-12H2,1H3,(H,23,29)(H,22,24,27)/t16-/m0/s1. The molecule has 1 saturated carbocycles. The zero-order valence-electron chi connectivity index (χ0n) is 16.4. The van der Waals surface area contributed by atoms with Crippen LogP contribution in [-0.2, 0) is 16.6 Å². The SMILES string of the molecule is Cn1c(-c2ccccc2)cnc1NC(=O)C[C@@H]1NC(=O)N(C2CCCCC2)C1=O. The fraction of sp³-hybridized carbons (Fsp3) is 0.429. The van der Waals surface area contributed by atoms with Crippen molar-refractivity contribution < 1.29 is 14.4 Å². The number of hydrogen-bond acceptors (Lipinski definition) is 4. The van der Waals surface area contributed by atoms with Gasteiger partial charge in [-0.2, -0.15) is 0 Å². The van der Waals surface area contributed by atoms with E-state index >= 15 is 0 Å². The van der Waals surface area contributed by atoms with Crippen molar-refractivity contribution in [1.29, 1.82) is 0 Å². The van der Waals surface area contributed by atoms with E-state index in [-0.39, 0.29) is 30.3 Å². The lowest BCUT2D eigenvalue weighted by atomic mass is 9.94. The number of nitrogens with one attached hydrogen (secondary N) is 2. The highest BCUT2D eigenvalue weighted by molar-refractivity contribution is 6.07. The van der Waals surface area contributed by atoms with Gasteiger partial charge in [-0.05, 0) is 18.4 Å². The highest BCUT2D eigenvalue weighted by Crippen LogP contribution is 2.26. The Morgan fingerprint density at radius 1 is 1.17 bits per heavy atom. The van der Waals surface area contributed by atoms with E-state index in [0.717, 1.165) is 43.4 Å². The molecule has 4 rings (SSSR count). The van der Waals surface area contributed by atoms with Gasteiger partial charge >= 0.3 is 6.03 Å². The van der Waals surface area contributed by atoms with Crippen LogP contribution >= 0.6 is 0 Å². The number of hydrogen-bond donors (Lipinski definition) is 2. The van der Waals surface area contributed by atoms with Crippen LogP contribution in [0.3, 0.4) is 0 Å². The summed E-state index contributed by atoms with van der Waals surface area (Å²) in [6.07, 6.45) is 6.45. The average molecular weight is 395 g/mol. The first-order valence-electron chi connectivity index (χ1n) is 10.0. The van der Waals surface area contributed by atoms with Crippen LogP contribution in [-0.4, -0.2) is 44.4 Å². The highest BCUT2D eigenvalue weighted by atomic mass is 16.2. The molecule has 8 nitrogen and oxygen atoms in total. The molecule has 8 heteroatoms. The molecular weight excluding hydrogens is 370 g/mol. The van der Waals surface area contributed by atoms with Crippen LogP contribution in [0.15, 0.2) is 36.5 Å². The van der Waals surface area contributed by atoms with Crippen molar-refractivity contribution in [3.63, 3.8) is 0 Å². The minimum atomic E-state index is -0.821. The predicted molar refractivity (Wildman–Crippen MR) is 108 cm³/mol. The van der Waals surface area contributed by atoms with Gasteiger partial charge in [0.05, 0.1) is 18.3 Å². The second-order valence-electron chi connectivity index (χ2n) is 7.65. The Hall–Kier alpha value is -3.16. The molecule has 2 heterocycles. The smallest absolute Gasteiger partial charge is 0.325 e. The normalized spacial score (nSPS) is 20.0. The molecule has 1 atom stereocenters. The molecule has 1 aliphatic carbocycles. The molecule has 2 N–H and O–H groups in total. The third-order valence-corrected chi connectivity index (χ3v) is 5.69. The summed E-state index contributed by atoms with van der Waals surface area (Å²) in [5.74, 6) is -0.265. The van der Waals surface area contributed by atoms with Crippen LogP contribution < -0.4 is 10.6 Å². The Bertz CT molecular complexity index is 918. The average Bonchev–Trinajstić information content (AvgIpc) is 3.22. The molecule has 1 aliphatic heterocycles. The molecule has 2 aromatic rings. The second kappa shape index (κ2) is 8.06. The second-order valence-corrected chi connectivity index (χ2v) is 7.65. The molecule has 29 heavy (non-hydrogen) atoms. The monoisotopic (exact) mass is 395 g/mol. The molecule has 1 aromatic heterocycles. The zero-order chi connectivity index (χ0) is 20.4. The van der Waals surface area contributed by atoms with Crippen molar-refractivity contribution in [2.75, 3.05) is 5.32 Å². The van der Waals surface area contributed by atoms with E-state index in [1.54, 1.807) is 10.8 Å². The van der Waals surface area contributed by atoms with E-state index in [2.05, 4.69) is 15.6 Å². The molecule has 2 aliphatic rings. The highest BCUT2D eigenvalue weighted by Gasteiger charge is 2.42. The third-order valence-electron chi connectivity index (χ3n) is 5.69. The number of imidazole rings is 1. The summed E-state index contributed by atoms with van der Waals surface area (Å²) in [4.78, 5) is 43.1. The lowest BCUT2D eigenvalue weighted by Gasteiger charge is -2.28. The number of aromatic nitrogens is 2. The van der Waals surface area contributed by atoms with Crippen LogP contribution in [0, 0.1) is 0 Å². The van der Waals surface area contributed by atoms with Gasteiger partial charge < -0.3 is 9.88 Å². The van der Waals surface area contributed by atoms with Gasteiger partial charge in [0, 0.05) is 13.1 Å². The first kappa shape index (κ1) is 19.2. The first-order chi connectivity index (χ1) is 14.0. The number of amides is 4. The molecule has 152 valence electrons. The van der Waals surface area contributed by atoms with Gasteiger partial charge in [0.1, 0.15) is 6.04 Å². The summed E-state index contributed by atoms with van der Waals surface area (Å²) in [5, 5.41) is 5.41. The van der Waals surface area contributed by atoms with Crippen LogP contribution in [0.5, 0.6) is 0 Å². The summed E-state index contributed by atoms with van der Waals surface area (Å²) < 4.78 is 1.79. The van der Waals surface area contributed by atoms with Crippen molar-refractivity contribution in [3.8, 4) is 11.3 Å². The molecule has 1 aromatic carbocycles. The van der Waals surface area contributed by atoms with Crippen molar-refractivity contribution in [1.82, 2.24) is 19.8 Å². The molecule has 2 fully saturated rings. The summed E-state index contributed by atoms with van der Waals surface area (Å²) in [6.45, 7) is 0. The molecule has 1 saturated heterocycles. The van der Waals surface area contributed by atoms with Crippen LogP contribution in [0.4, 0.5) is 10.7 Å². The summed E-state index contributed by atoms with van der Waals surface area (Å²) >= 11 is 0. The maximum Gasteiger partial charge on any atom is 0.325 e. The maximum absolute atomic E-state index is 12.7. The van der Waals surface area contributed by atoms with E-state index in [0.29, 0.717) is 5.95 Å². The van der Waals surface area contributed by atoms with Gasteiger partial charge in [0.15, 0.2) is 0 Å². The fourth-order valence-electron chi connectivity index (χ4n) is 4.14. The van der Waals surface area contributed by atoms with Gasteiger partial charge in [0.25, 0.3) is 5.91 Å². The van der Waals surface area contributed by atoms with E-state index in [1.165, 1.54) is 4.90 Å². The Kier molecular flexibility index (Phi) is 5.33. The largest absolute Gasteiger partial charge is 0.325 e. The van der Waals surface area contributed by atoms with E-state index in [4.69, 9.17) is 0 Å². The number of benzene rings is 1. The number of carbonyl (C=O) groups is 3. The lowest BCUT2D eigenvalue weighted by molar-refractivity contribution is -0.131. The Morgan fingerprint density at radius 3 is 2.62 bits per heavy atom. The van der Waals surface area contributed by atoms with Gasteiger partial charge in [-0.15, -0.1) is 0 Å². The number of rotatable bonds is 5. The number of imide groups is 1. The molecule has 0 radical (unpaired) electrons. The summed E-state index contributed by atoms with van der Waals surface area (Å²) in [6, 6.07) is 8.49. The summed E-state index contributed by atoms with van der Waals surface area (Å²) in [7, 11) is 1.82. The quantitative estimate of drug-likeness (QED) is 0.761. The van der Waals surface area contributed by atoms with E-state index in [1.807, 2.05) is 37.4 Å². The molecule has 0 unspecified atom stereocenters. The minimum absolute atomic E-state index is 0.0488. The van der Waals surface area contributed by atoms with Crippen LogP contribution in [0.2, 0.25) is 0 Å². The van der Waals surface area contributed by atoms with Crippen molar-refractivity contribution in [2.24, 2.45) is 7.05 Å². The topological polar surface area (TPSA) is 96.3 Å². The molecular formula is C21H25N5O3. The maximum atomic E-state index is 12.7. The van der Waals surface area contributed by atoms with Crippen LogP contribution in [0.1, 0.15) is 38.5 Å². The van der Waals surface area contributed by atoms with E-state index in [9.17, 15) is 14.4 Å². The number of nitrogens with zero attached hydrogens (tertiary/aromatic N) is 3. The first-order valence-corrected chi connectivity index (χ1v) is 10.0. The van der Waals surface area contributed by atoms with Crippen molar-refractivity contribution in [2.45, 2.75) is 50.6 Å². The number of anilines is 1. The van der Waals surface area contributed by atoms with Gasteiger partial charge in [-0.1, -0.05) is 49.6 Å². The lowest BCUT2D eigenvalue weighted by Crippen LogP contribution is -2.42. The van der Waals surface area contributed by atoms with Crippen LogP contribution in [0.25, 0.3) is 11.3 Å². The molecule has 0 spiro atoms. The predicted octanol–water partition coefficient (Wildman–Crippen LogP) is 2.67. The van der Waals surface area contributed by atoms with E-state index < -0.39 is 6.04 Å². The summed E-state index contributed by atoms with van der Waals surface area (Å²) in [5.41, 5.74) is 1.86. The fourth-order valence-corrected chi connectivity index (χ4v) is 4.14. The Morgan fingerprint density at radius 2 is 1.90 bits per heavy atom. The number of urea groups is 1. The number of carbonyl (C=O) groups excluding carboxylic acids is 3. The third kappa shape index (κ3) is 3.87. The van der Waals surface area contributed by atoms with Gasteiger partial charge in [-0.25, -0.2) is 9.78 Å². The minimum Gasteiger partial charge on any atom is -0.325 e. The zero-order valence-corrected chi connectivity index (χ0v) is 16.4. The van der Waals surface area contributed by atoms with Crippen molar-refractivity contribution >= 4 is 23.8 Å². The Labute approximate surface area is 169 Å². The van der Waals surface area contributed by atoms with Crippen molar-refractivity contribution in [3.05, 3.63) is 36.5 Å². The van der Waals surface area contributed by atoms with Gasteiger partial charge in [-0.3, -0.25) is 19.8 Å². The molecule has 0 bridgehead atoms. The van der Waals surface area contributed by atoms with Gasteiger partial charge in [0.2, 0.25) is 11.9 Å².